The van der Waals surface area contributed by atoms with Crippen molar-refractivity contribution in [2.24, 2.45) is 17.0 Å². The Morgan fingerprint density at radius 1 is 0.964 bits per heavy atom. The molecule has 3 saturated heterocycles. The molecule has 3 fully saturated rings. The van der Waals surface area contributed by atoms with Crippen molar-refractivity contribution < 1.29 is 19.2 Å². The minimum absolute atomic E-state index is 0.0164. The minimum atomic E-state index is -0.559. The van der Waals surface area contributed by atoms with Crippen LogP contribution in [0.2, 0.25) is 0 Å². The smallest absolute Gasteiger partial charge is 0.296 e. The molecule has 2 aromatic carbocycles. The molecule has 1 spiro atoms. The van der Waals surface area contributed by atoms with Crippen LogP contribution in [0.15, 0.2) is 65.8 Å². The van der Waals surface area contributed by atoms with Gasteiger partial charge in [0.15, 0.2) is 5.71 Å². The van der Waals surface area contributed by atoms with Crippen LogP contribution >= 0.6 is 0 Å². The number of hydrogen-bond acceptors (Lipinski definition) is 5. The number of rotatable bonds is 2. The molecular weight excluding hydrogens is 356 g/mol. The van der Waals surface area contributed by atoms with E-state index >= 15 is 0 Å². The molecule has 0 radical (unpaired) electrons. The van der Waals surface area contributed by atoms with E-state index < -0.39 is 5.54 Å². The molecule has 6 heteroatoms. The molecular formula is C22H20N2O4. The van der Waals surface area contributed by atoms with Crippen LogP contribution in [0.5, 0.6) is 0 Å². The molecule has 0 aromatic heterocycles. The summed E-state index contributed by atoms with van der Waals surface area (Å²) in [6, 6.07) is 20.2. The first kappa shape index (κ1) is 16.3. The zero-order valence-corrected chi connectivity index (χ0v) is 15.2. The Kier molecular flexibility index (Phi) is 3.43. The van der Waals surface area contributed by atoms with E-state index in [0.29, 0.717) is 18.9 Å². The maximum atomic E-state index is 13.3. The number of ether oxygens (including phenoxy) is 1. The number of carbonyl (C=O) groups excluding carboxylic acids is 1. The molecule has 142 valence electrons. The van der Waals surface area contributed by atoms with E-state index in [1.165, 1.54) is 0 Å². The van der Waals surface area contributed by atoms with Crippen molar-refractivity contribution >= 4 is 11.6 Å². The van der Waals surface area contributed by atoms with Gasteiger partial charge in [-0.3, -0.25) is 9.63 Å². The average molecular weight is 376 g/mol. The van der Waals surface area contributed by atoms with E-state index in [1.807, 2.05) is 36.4 Å². The van der Waals surface area contributed by atoms with E-state index in [9.17, 15) is 4.79 Å². The van der Waals surface area contributed by atoms with Crippen LogP contribution in [-0.2, 0) is 19.2 Å². The number of amides is 1. The first-order valence-corrected chi connectivity index (χ1v) is 9.72. The van der Waals surface area contributed by atoms with Crippen LogP contribution < -0.4 is 0 Å². The van der Waals surface area contributed by atoms with Crippen molar-refractivity contribution in [1.82, 2.24) is 5.06 Å². The molecule has 6 nitrogen and oxygen atoms in total. The molecule has 4 heterocycles. The summed E-state index contributed by atoms with van der Waals surface area (Å²) in [5, 5.41) is 5.58. The summed E-state index contributed by atoms with van der Waals surface area (Å²) < 4.78 is 6.36. The van der Waals surface area contributed by atoms with Gasteiger partial charge in [0.25, 0.3) is 5.91 Å². The Bertz CT molecular complexity index is 948. The van der Waals surface area contributed by atoms with Gasteiger partial charge in [-0.15, -0.1) is 0 Å². The highest BCUT2D eigenvalue weighted by molar-refractivity contribution is 6.40. The molecule has 0 bridgehead atoms. The van der Waals surface area contributed by atoms with Gasteiger partial charge in [0.05, 0.1) is 6.61 Å². The summed E-state index contributed by atoms with van der Waals surface area (Å²) in [6.07, 6.45) is 0.267. The van der Waals surface area contributed by atoms with E-state index in [0.717, 1.165) is 17.5 Å². The highest BCUT2D eigenvalue weighted by Gasteiger charge is 2.69. The van der Waals surface area contributed by atoms with Gasteiger partial charge in [-0.2, -0.15) is 0 Å². The van der Waals surface area contributed by atoms with Crippen molar-refractivity contribution in [2.45, 2.75) is 24.2 Å². The third-order valence-electron chi connectivity index (χ3n) is 6.53. The third kappa shape index (κ3) is 2.04. The van der Waals surface area contributed by atoms with Crippen molar-refractivity contribution in [1.29, 1.82) is 0 Å². The lowest BCUT2D eigenvalue weighted by Crippen LogP contribution is -2.60. The zero-order chi connectivity index (χ0) is 18.7. The lowest BCUT2D eigenvalue weighted by atomic mass is 9.68. The van der Waals surface area contributed by atoms with Crippen LogP contribution in [0.3, 0.4) is 0 Å². The van der Waals surface area contributed by atoms with Crippen LogP contribution in [0, 0.1) is 11.8 Å². The van der Waals surface area contributed by atoms with Crippen molar-refractivity contribution in [2.75, 3.05) is 13.2 Å². The number of hydrogen-bond donors (Lipinski definition) is 0. The summed E-state index contributed by atoms with van der Waals surface area (Å²) >= 11 is 0. The van der Waals surface area contributed by atoms with E-state index in [4.69, 9.17) is 14.4 Å². The molecule has 1 amide bonds. The van der Waals surface area contributed by atoms with E-state index in [-0.39, 0.29) is 30.0 Å². The maximum Gasteiger partial charge on any atom is 0.296 e. The Morgan fingerprint density at radius 3 is 2.43 bits per heavy atom. The number of carbonyl (C=O) groups is 1. The lowest BCUT2D eigenvalue weighted by Gasteiger charge is -2.44. The maximum absolute atomic E-state index is 13.3. The first-order valence-electron chi connectivity index (χ1n) is 9.72. The monoisotopic (exact) mass is 376 g/mol. The molecule has 5 atom stereocenters. The van der Waals surface area contributed by atoms with Gasteiger partial charge in [0, 0.05) is 11.8 Å². The fourth-order valence-corrected chi connectivity index (χ4v) is 5.32. The SMILES string of the molecule is O=C1C2=NOC[C@H]2C[C@@]23[C@@H](c4ccccc4)OC[C@@H]2[C@@H](c2ccccc2)ON13. The fourth-order valence-electron chi connectivity index (χ4n) is 5.32. The predicted octanol–water partition coefficient (Wildman–Crippen LogP) is 3.03. The number of nitrogens with zero attached hydrogens (tertiary/aromatic N) is 2. The second-order valence-corrected chi connectivity index (χ2v) is 7.93. The number of benzene rings is 2. The van der Waals surface area contributed by atoms with E-state index in [2.05, 4.69) is 29.4 Å². The number of hydroxylamine groups is 2. The topological polar surface area (TPSA) is 60.4 Å². The molecule has 0 unspecified atom stereocenters. The van der Waals surface area contributed by atoms with Gasteiger partial charge in [-0.05, 0) is 17.5 Å². The number of oxime groups is 1. The quantitative estimate of drug-likeness (QED) is 0.808. The molecule has 2 aromatic rings. The Balaban J connectivity index is 1.50. The van der Waals surface area contributed by atoms with Crippen LogP contribution in [0.25, 0.3) is 0 Å². The molecule has 4 aliphatic rings. The van der Waals surface area contributed by atoms with Crippen molar-refractivity contribution in [3.05, 3.63) is 71.8 Å². The van der Waals surface area contributed by atoms with Crippen LogP contribution in [0.1, 0.15) is 29.8 Å². The third-order valence-corrected chi connectivity index (χ3v) is 6.53. The number of piperidine rings is 1. The summed E-state index contributed by atoms with van der Waals surface area (Å²) in [5.41, 5.74) is 2.04. The Labute approximate surface area is 162 Å². The van der Waals surface area contributed by atoms with Gasteiger partial charge >= 0.3 is 0 Å². The van der Waals surface area contributed by atoms with Gasteiger partial charge in [-0.1, -0.05) is 65.8 Å². The average Bonchev–Trinajstić information content (AvgIpc) is 3.42. The molecule has 0 N–H and O–H groups in total. The highest BCUT2D eigenvalue weighted by Crippen LogP contribution is 2.61. The normalized spacial score (nSPS) is 35.8. The van der Waals surface area contributed by atoms with Crippen molar-refractivity contribution in [3.8, 4) is 0 Å². The molecule has 6 rings (SSSR count). The zero-order valence-electron chi connectivity index (χ0n) is 15.2. The predicted molar refractivity (Wildman–Crippen MR) is 100.0 cm³/mol. The Hall–Kier alpha value is -2.70. The second-order valence-electron chi connectivity index (χ2n) is 7.93. The summed E-state index contributed by atoms with van der Waals surface area (Å²) in [6.45, 7) is 0.990. The summed E-state index contributed by atoms with van der Waals surface area (Å²) in [4.78, 5) is 24.9. The second kappa shape index (κ2) is 5.90. The fraction of sp³-hybridized carbons (Fsp3) is 0.364. The van der Waals surface area contributed by atoms with Gasteiger partial charge in [0.2, 0.25) is 0 Å². The minimum Gasteiger partial charge on any atom is -0.395 e. The van der Waals surface area contributed by atoms with E-state index in [1.54, 1.807) is 5.06 Å². The molecule has 28 heavy (non-hydrogen) atoms. The van der Waals surface area contributed by atoms with Gasteiger partial charge in [-0.25, -0.2) is 5.06 Å². The Morgan fingerprint density at radius 2 is 1.68 bits per heavy atom. The first-order chi connectivity index (χ1) is 13.8. The van der Waals surface area contributed by atoms with Gasteiger partial charge < -0.3 is 9.57 Å². The van der Waals surface area contributed by atoms with Crippen molar-refractivity contribution in [3.63, 3.8) is 0 Å². The highest BCUT2D eigenvalue weighted by atomic mass is 16.7. The standard InChI is InChI=1S/C22H20N2O4/c25-21-18-16(12-27-23-18)11-22-17(13-26-20(22)15-9-5-2-6-10-15)19(28-24(21)22)14-7-3-1-4-8-14/h1-10,16-17,19-20H,11-13H2/t16-,17-,19-,20-,22+/m1/s1. The molecule has 0 aliphatic carbocycles. The largest absolute Gasteiger partial charge is 0.395 e. The molecule has 0 saturated carbocycles. The van der Waals surface area contributed by atoms with Crippen LogP contribution in [0.4, 0.5) is 0 Å². The van der Waals surface area contributed by atoms with Crippen LogP contribution in [-0.4, -0.2) is 35.4 Å². The summed E-state index contributed by atoms with van der Waals surface area (Å²) in [7, 11) is 0. The summed E-state index contributed by atoms with van der Waals surface area (Å²) in [5.74, 6) is -0.160. The molecule has 4 aliphatic heterocycles. The van der Waals surface area contributed by atoms with Gasteiger partial charge in [0.1, 0.15) is 24.4 Å². The lowest BCUT2D eigenvalue weighted by molar-refractivity contribution is -0.215. The number of fused-ring (bicyclic) bond motifs is 1.